The SMILES string of the molecule is CN=C(NCc1nc2cc(Cl)ccc2s1)N1CCCC2(CNC(=O)C2)C1. The van der Waals surface area contributed by atoms with E-state index in [1.165, 1.54) is 0 Å². The maximum atomic E-state index is 11.7. The Bertz CT molecular complexity index is 866. The number of nitrogens with one attached hydrogen (secondary N) is 2. The number of hydrogen-bond donors (Lipinski definition) is 2. The minimum Gasteiger partial charge on any atom is -0.355 e. The summed E-state index contributed by atoms with van der Waals surface area (Å²) >= 11 is 7.71. The second-order valence-corrected chi connectivity index (χ2v) is 8.65. The van der Waals surface area contributed by atoms with Gasteiger partial charge in [-0.1, -0.05) is 11.6 Å². The lowest BCUT2D eigenvalue weighted by Gasteiger charge is -2.40. The number of rotatable bonds is 2. The van der Waals surface area contributed by atoms with Gasteiger partial charge in [0, 0.05) is 43.5 Å². The molecule has 1 atom stereocenters. The standard InChI is InChI=1S/C18H22ClN5OS/c1-20-17(24-6-2-5-18(11-24)8-15(25)22-10-18)21-9-16-23-13-7-12(19)3-4-14(13)26-16/h3-4,7H,2,5-6,8-11H2,1H3,(H,20,21)(H,22,25). The molecule has 2 N–H and O–H groups in total. The molecule has 8 heteroatoms. The number of carbonyl (C=O) groups is 1. The van der Waals surface area contributed by atoms with Gasteiger partial charge in [0.1, 0.15) is 5.01 Å². The normalized spacial score (nSPS) is 23.7. The first-order valence-corrected chi connectivity index (χ1v) is 10.0. The highest BCUT2D eigenvalue weighted by Crippen LogP contribution is 2.36. The summed E-state index contributed by atoms with van der Waals surface area (Å²) in [5.41, 5.74) is 0.987. The van der Waals surface area contributed by atoms with Gasteiger partial charge in [-0.3, -0.25) is 9.79 Å². The summed E-state index contributed by atoms with van der Waals surface area (Å²) in [5.74, 6) is 1.05. The zero-order chi connectivity index (χ0) is 18.1. The summed E-state index contributed by atoms with van der Waals surface area (Å²) < 4.78 is 1.13. The van der Waals surface area contributed by atoms with E-state index in [0.717, 1.165) is 53.7 Å². The maximum absolute atomic E-state index is 11.7. The summed E-state index contributed by atoms with van der Waals surface area (Å²) in [7, 11) is 1.81. The summed E-state index contributed by atoms with van der Waals surface area (Å²) in [6.45, 7) is 3.23. The number of aliphatic imine (C=N–C) groups is 1. The molecule has 3 heterocycles. The van der Waals surface area contributed by atoms with Crippen molar-refractivity contribution < 1.29 is 4.79 Å². The van der Waals surface area contributed by atoms with E-state index in [2.05, 4.69) is 25.5 Å². The molecule has 1 unspecified atom stereocenters. The Hall–Kier alpha value is -1.86. The van der Waals surface area contributed by atoms with Crippen molar-refractivity contribution in [2.24, 2.45) is 10.4 Å². The van der Waals surface area contributed by atoms with E-state index in [-0.39, 0.29) is 11.3 Å². The number of hydrogen-bond acceptors (Lipinski definition) is 4. The monoisotopic (exact) mass is 391 g/mol. The Balaban J connectivity index is 1.43. The van der Waals surface area contributed by atoms with Crippen LogP contribution < -0.4 is 10.6 Å². The molecule has 0 radical (unpaired) electrons. The number of thiazole rings is 1. The summed E-state index contributed by atoms with van der Waals surface area (Å²) in [6.07, 6.45) is 2.80. The number of carbonyl (C=O) groups excluding carboxylic acids is 1. The molecule has 1 aromatic carbocycles. The van der Waals surface area contributed by atoms with Crippen LogP contribution in [0.4, 0.5) is 0 Å². The minimum absolute atomic E-state index is 0.0551. The molecule has 2 aromatic rings. The molecule has 1 spiro atoms. The number of piperidine rings is 1. The first kappa shape index (κ1) is 17.5. The lowest BCUT2D eigenvalue weighted by Crippen LogP contribution is -2.51. The predicted molar refractivity (Wildman–Crippen MR) is 106 cm³/mol. The topological polar surface area (TPSA) is 69.6 Å². The number of benzene rings is 1. The minimum atomic E-state index is 0.0551. The smallest absolute Gasteiger partial charge is 0.220 e. The fourth-order valence-corrected chi connectivity index (χ4v) is 4.99. The molecule has 2 saturated heterocycles. The van der Waals surface area contributed by atoms with Gasteiger partial charge in [-0.25, -0.2) is 4.98 Å². The molecule has 26 heavy (non-hydrogen) atoms. The average molecular weight is 392 g/mol. The summed E-state index contributed by atoms with van der Waals surface area (Å²) in [5, 5.41) is 8.14. The highest BCUT2D eigenvalue weighted by atomic mass is 35.5. The lowest BCUT2D eigenvalue weighted by atomic mass is 9.79. The van der Waals surface area contributed by atoms with Crippen LogP contribution in [-0.4, -0.2) is 48.4 Å². The van der Waals surface area contributed by atoms with Crippen LogP contribution in [0.1, 0.15) is 24.3 Å². The second-order valence-electron chi connectivity index (χ2n) is 7.10. The van der Waals surface area contributed by atoms with Gasteiger partial charge in [0.05, 0.1) is 16.8 Å². The Morgan fingerprint density at radius 3 is 3.19 bits per heavy atom. The van der Waals surface area contributed by atoms with E-state index in [1.807, 2.05) is 18.2 Å². The van der Waals surface area contributed by atoms with Crippen molar-refractivity contribution >= 4 is 45.0 Å². The molecular formula is C18H22ClN5OS. The predicted octanol–water partition coefficient (Wildman–Crippen LogP) is 2.63. The van der Waals surface area contributed by atoms with E-state index in [0.29, 0.717) is 18.0 Å². The zero-order valence-corrected chi connectivity index (χ0v) is 16.3. The zero-order valence-electron chi connectivity index (χ0n) is 14.7. The van der Waals surface area contributed by atoms with Gasteiger partial charge in [0.2, 0.25) is 5.91 Å². The van der Waals surface area contributed by atoms with Crippen LogP contribution in [0.2, 0.25) is 5.02 Å². The van der Waals surface area contributed by atoms with Crippen molar-refractivity contribution in [3.8, 4) is 0 Å². The van der Waals surface area contributed by atoms with Crippen molar-refractivity contribution in [1.82, 2.24) is 20.5 Å². The first-order valence-electron chi connectivity index (χ1n) is 8.84. The number of fused-ring (bicyclic) bond motifs is 1. The molecule has 1 aromatic heterocycles. The Morgan fingerprint density at radius 1 is 1.54 bits per heavy atom. The fourth-order valence-electron chi connectivity index (χ4n) is 3.94. The van der Waals surface area contributed by atoms with E-state index in [9.17, 15) is 4.79 Å². The second kappa shape index (κ2) is 7.04. The van der Waals surface area contributed by atoms with Crippen LogP contribution in [-0.2, 0) is 11.3 Å². The Labute approximate surface area is 161 Å². The fraction of sp³-hybridized carbons (Fsp3) is 0.500. The van der Waals surface area contributed by atoms with Gasteiger partial charge < -0.3 is 15.5 Å². The van der Waals surface area contributed by atoms with Crippen LogP contribution in [0.3, 0.4) is 0 Å². The average Bonchev–Trinajstić information content (AvgIpc) is 3.18. The van der Waals surface area contributed by atoms with Gasteiger partial charge >= 0.3 is 0 Å². The van der Waals surface area contributed by atoms with Gasteiger partial charge in [-0.05, 0) is 31.0 Å². The number of aromatic nitrogens is 1. The molecule has 138 valence electrons. The van der Waals surface area contributed by atoms with Crippen molar-refractivity contribution in [3.63, 3.8) is 0 Å². The summed E-state index contributed by atoms with van der Waals surface area (Å²) in [4.78, 5) is 23.1. The molecule has 0 aliphatic carbocycles. The van der Waals surface area contributed by atoms with E-state index < -0.39 is 0 Å². The quantitative estimate of drug-likeness (QED) is 0.610. The van der Waals surface area contributed by atoms with Gasteiger partial charge in [0.25, 0.3) is 0 Å². The van der Waals surface area contributed by atoms with Gasteiger partial charge in [0.15, 0.2) is 5.96 Å². The van der Waals surface area contributed by atoms with Crippen molar-refractivity contribution in [3.05, 3.63) is 28.2 Å². The van der Waals surface area contributed by atoms with Gasteiger partial charge in [-0.2, -0.15) is 0 Å². The molecule has 0 bridgehead atoms. The van der Waals surface area contributed by atoms with E-state index >= 15 is 0 Å². The van der Waals surface area contributed by atoms with Crippen LogP contribution in [0, 0.1) is 5.41 Å². The third-order valence-electron chi connectivity index (χ3n) is 5.16. The summed E-state index contributed by atoms with van der Waals surface area (Å²) in [6, 6.07) is 5.79. The lowest BCUT2D eigenvalue weighted by molar-refractivity contribution is -0.119. The van der Waals surface area contributed by atoms with Crippen LogP contribution in [0.5, 0.6) is 0 Å². The number of halogens is 1. The van der Waals surface area contributed by atoms with Crippen LogP contribution >= 0.6 is 22.9 Å². The van der Waals surface area contributed by atoms with Crippen LogP contribution in [0.15, 0.2) is 23.2 Å². The number of amides is 1. The Kier molecular flexibility index (Phi) is 4.75. The molecule has 2 aliphatic heterocycles. The largest absolute Gasteiger partial charge is 0.355 e. The third kappa shape index (κ3) is 3.50. The van der Waals surface area contributed by atoms with Crippen molar-refractivity contribution in [2.75, 3.05) is 26.7 Å². The number of guanidine groups is 1. The molecule has 1 amide bonds. The van der Waals surface area contributed by atoms with Crippen LogP contribution in [0.25, 0.3) is 10.2 Å². The van der Waals surface area contributed by atoms with E-state index in [4.69, 9.17) is 11.6 Å². The molecule has 4 rings (SSSR count). The Morgan fingerprint density at radius 2 is 2.42 bits per heavy atom. The third-order valence-corrected chi connectivity index (χ3v) is 6.43. The molecular weight excluding hydrogens is 370 g/mol. The van der Waals surface area contributed by atoms with Crippen molar-refractivity contribution in [1.29, 1.82) is 0 Å². The molecule has 6 nitrogen and oxygen atoms in total. The van der Waals surface area contributed by atoms with Gasteiger partial charge in [-0.15, -0.1) is 11.3 Å². The van der Waals surface area contributed by atoms with Crippen molar-refractivity contribution in [2.45, 2.75) is 25.8 Å². The van der Waals surface area contributed by atoms with E-state index in [1.54, 1.807) is 18.4 Å². The highest BCUT2D eigenvalue weighted by molar-refractivity contribution is 7.18. The molecule has 2 aliphatic rings. The maximum Gasteiger partial charge on any atom is 0.220 e. The highest BCUT2D eigenvalue weighted by Gasteiger charge is 2.42. The first-order chi connectivity index (χ1) is 12.6. The number of likely N-dealkylation sites (tertiary alicyclic amines) is 1. The molecule has 0 saturated carbocycles. The number of nitrogens with zero attached hydrogens (tertiary/aromatic N) is 3. The molecule has 2 fully saturated rings.